The van der Waals surface area contributed by atoms with Gasteiger partial charge in [-0.15, -0.1) is 0 Å². The Morgan fingerprint density at radius 2 is 1.68 bits per heavy atom. The zero-order chi connectivity index (χ0) is 14.2. The Bertz CT molecular complexity index is 559. The number of hydrogen-bond donors (Lipinski definition) is 3. The monoisotopic (exact) mass is 263 g/mol. The average molecular weight is 263 g/mol. The Labute approximate surface area is 109 Å². The molecule has 1 aliphatic heterocycles. The van der Waals surface area contributed by atoms with E-state index in [-0.39, 0.29) is 11.1 Å². The van der Waals surface area contributed by atoms with Gasteiger partial charge in [0.15, 0.2) is 0 Å². The standard InChI is InChI=1S/C13H13NO5/c1-6-9(12(15)16)11(8-3-4-19-5-8)10(13(17)18)7(2)14-6/h3-5,11,14H,1-2H3,(H,15,16)(H,17,18). The molecule has 6 heteroatoms. The zero-order valence-electron chi connectivity index (χ0n) is 10.4. The number of carboxylic acids is 2. The van der Waals surface area contributed by atoms with Gasteiger partial charge in [-0.2, -0.15) is 0 Å². The van der Waals surface area contributed by atoms with Crippen LogP contribution in [0.3, 0.4) is 0 Å². The number of aliphatic carboxylic acids is 2. The Morgan fingerprint density at radius 1 is 1.16 bits per heavy atom. The largest absolute Gasteiger partial charge is 0.478 e. The minimum absolute atomic E-state index is 0.0180. The lowest BCUT2D eigenvalue weighted by Gasteiger charge is -2.27. The van der Waals surface area contributed by atoms with Crippen molar-refractivity contribution in [3.05, 3.63) is 46.7 Å². The third-order valence-electron chi connectivity index (χ3n) is 3.10. The molecule has 0 unspecified atom stereocenters. The molecule has 0 saturated heterocycles. The van der Waals surface area contributed by atoms with Crippen LogP contribution in [0.2, 0.25) is 0 Å². The van der Waals surface area contributed by atoms with E-state index in [9.17, 15) is 19.8 Å². The Balaban J connectivity index is 2.65. The van der Waals surface area contributed by atoms with Crippen LogP contribution in [0, 0.1) is 0 Å². The van der Waals surface area contributed by atoms with Gasteiger partial charge in [0, 0.05) is 17.0 Å². The smallest absolute Gasteiger partial charge is 0.334 e. The Morgan fingerprint density at radius 3 is 2.05 bits per heavy atom. The minimum atomic E-state index is -1.15. The van der Waals surface area contributed by atoms with Gasteiger partial charge < -0.3 is 19.9 Å². The summed E-state index contributed by atoms with van der Waals surface area (Å²) in [6.45, 7) is 3.22. The second kappa shape index (κ2) is 4.64. The SMILES string of the molecule is CC1=C(C(=O)O)C(c2ccoc2)C(C(=O)O)=C(C)N1. The van der Waals surface area contributed by atoms with Gasteiger partial charge in [0.1, 0.15) is 0 Å². The topological polar surface area (TPSA) is 99.8 Å². The van der Waals surface area contributed by atoms with E-state index in [4.69, 9.17) is 4.42 Å². The summed E-state index contributed by atoms with van der Waals surface area (Å²) in [5, 5.41) is 21.4. The number of hydrogen-bond acceptors (Lipinski definition) is 4. The molecule has 0 radical (unpaired) electrons. The van der Waals surface area contributed by atoms with Gasteiger partial charge in [0.2, 0.25) is 0 Å². The molecule has 0 bridgehead atoms. The molecule has 0 atom stereocenters. The third kappa shape index (κ3) is 2.12. The van der Waals surface area contributed by atoms with Gasteiger partial charge >= 0.3 is 11.9 Å². The number of carboxylic acid groups (broad SMARTS) is 2. The molecule has 1 aromatic heterocycles. The second-order valence-electron chi connectivity index (χ2n) is 4.30. The molecule has 2 heterocycles. The molecule has 1 aliphatic rings. The van der Waals surface area contributed by atoms with Gasteiger partial charge in [-0.1, -0.05) is 0 Å². The van der Waals surface area contributed by atoms with E-state index in [0.29, 0.717) is 17.0 Å². The fraction of sp³-hybridized carbons (Fsp3) is 0.231. The van der Waals surface area contributed by atoms with E-state index < -0.39 is 17.9 Å². The average Bonchev–Trinajstić information content (AvgIpc) is 2.79. The van der Waals surface area contributed by atoms with E-state index in [2.05, 4.69) is 5.32 Å². The van der Waals surface area contributed by atoms with Crippen molar-refractivity contribution < 1.29 is 24.2 Å². The lowest BCUT2D eigenvalue weighted by Crippen LogP contribution is -2.30. The van der Waals surface area contributed by atoms with Crippen LogP contribution in [0.25, 0.3) is 0 Å². The van der Waals surface area contributed by atoms with Crippen LogP contribution in [-0.4, -0.2) is 22.2 Å². The highest BCUT2D eigenvalue weighted by Gasteiger charge is 2.36. The number of nitrogens with one attached hydrogen (secondary N) is 1. The number of rotatable bonds is 3. The molecule has 6 nitrogen and oxygen atoms in total. The molecule has 1 aromatic rings. The molecule has 3 N–H and O–H groups in total. The fourth-order valence-electron chi connectivity index (χ4n) is 2.33. The number of allylic oxidation sites excluding steroid dienone is 2. The van der Waals surface area contributed by atoms with Gasteiger partial charge in [-0.3, -0.25) is 0 Å². The van der Waals surface area contributed by atoms with Crippen LogP contribution in [0.5, 0.6) is 0 Å². The van der Waals surface area contributed by atoms with Crippen LogP contribution in [0.15, 0.2) is 45.6 Å². The van der Waals surface area contributed by atoms with Crippen LogP contribution in [0.1, 0.15) is 25.3 Å². The quantitative estimate of drug-likeness (QED) is 0.767. The fourth-order valence-corrected chi connectivity index (χ4v) is 2.33. The summed E-state index contributed by atoms with van der Waals surface area (Å²) in [6.07, 6.45) is 2.75. The van der Waals surface area contributed by atoms with Crippen molar-refractivity contribution >= 4 is 11.9 Å². The predicted octanol–water partition coefficient (Wildman–Crippen LogP) is 1.68. The molecule has 19 heavy (non-hydrogen) atoms. The van der Waals surface area contributed by atoms with Gasteiger partial charge in [0.25, 0.3) is 0 Å². The van der Waals surface area contributed by atoms with E-state index in [1.54, 1.807) is 19.9 Å². The molecule has 0 fully saturated rings. The molecule has 0 spiro atoms. The highest BCUT2D eigenvalue weighted by molar-refractivity contribution is 5.98. The molecular weight excluding hydrogens is 250 g/mol. The lowest BCUT2D eigenvalue weighted by molar-refractivity contribution is -0.133. The molecule has 0 aromatic carbocycles. The molecule has 0 aliphatic carbocycles. The summed E-state index contributed by atoms with van der Waals surface area (Å²) in [6, 6.07) is 1.57. The zero-order valence-corrected chi connectivity index (χ0v) is 10.4. The van der Waals surface area contributed by atoms with Crippen molar-refractivity contribution in [2.24, 2.45) is 0 Å². The van der Waals surface area contributed by atoms with Gasteiger partial charge in [-0.25, -0.2) is 9.59 Å². The number of dihydropyridines is 1. The van der Waals surface area contributed by atoms with E-state index in [1.165, 1.54) is 12.5 Å². The highest BCUT2D eigenvalue weighted by atomic mass is 16.4. The highest BCUT2D eigenvalue weighted by Crippen LogP contribution is 2.38. The minimum Gasteiger partial charge on any atom is -0.478 e. The first-order valence-electron chi connectivity index (χ1n) is 5.60. The Kier molecular flexibility index (Phi) is 3.16. The number of furan rings is 1. The van der Waals surface area contributed by atoms with Crippen molar-refractivity contribution in [1.29, 1.82) is 0 Å². The maximum Gasteiger partial charge on any atom is 0.334 e. The van der Waals surface area contributed by atoms with Crippen molar-refractivity contribution in [2.45, 2.75) is 19.8 Å². The first-order chi connectivity index (χ1) is 8.93. The summed E-state index contributed by atoms with van der Waals surface area (Å²) in [4.78, 5) is 22.8. The van der Waals surface area contributed by atoms with E-state index in [1.807, 2.05) is 0 Å². The van der Waals surface area contributed by atoms with Gasteiger partial charge in [0.05, 0.1) is 29.6 Å². The molecule has 0 amide bonds. The molecular formula is C13H13NO5. The first-order valence-corrected chi connectivity index (χ1v) is 5.60. The van der Waals surface area contributed by atoms with E-state index >= 15 is 0 Å². The van der Waals surface area contributed by atoms with Crippen molar-refractivity contribution in [3.63, 3.8) is 0 Å². The molecule has 0 saturated carbocycles. The maximum absolute atomic E-state index is 11.4. The van der Waals surface area contributed by atoms with E-state index in [0.717, 1.165) is 0 Å². The summed E-state index contributed by atoms with van der Waals surface area (Å²) >= 11 is 0. The van der Waals surface area contributed by atoms with Crippen LogP contribution < -0.4 is 5.32 Å². The Hall–Kier alpha value is -2.50. The lowest BCUT2D eigenvalue weighted by atomic mass is 9.81. The predicted molar refractivity (Wildman–Crippen MR) is 65.3 cm³/mol. The van der Waals surface area contributed by atoms with Crippen molar-refractivity contribution in [3.8, 4) is 0 Å². The van der Waals surface area contributed by atoms with Crippen LogP contribution in [-0.2, 0) is 9.59 Å². The summed E-state index contributed by atoms with van der Waals surface area (Å²) in [7, 11) is 0. The maximum atomic E-state index is 11.4. The first kappa shape index (κ1) is 12.9. The second-order valence-corrected chi connectivity index (χ2v) is 4.30. The summed E-state index contributed by atoms with van der Waals surface area (Å²) < 4.78 is 4.94. The van der Waals surface area contributed by atoms with Crippen molar-refractivity contribution in [2.75, 3.05) is 0 Å². The molecule has 2 rings (SSSR count). The number of carbonyl (C=O) groups is 2. The summed E-state index contributed by atoms with van der Waals surface area (Å²) in [5.41, 5.74) is 1.41. The normalized spacial score (nSPS) is 16.5. The van der Waals surface area contributed by atoms with Gasteiger partial charge in [-0.05, 0) is 19.9 Å². The van der Waals surface area contributed by atoms with Crippen molar-refractivity contribution in [1.82, 2.24) is 5.32 Å². The van der Waals surface area contributed by atoms with Crippen LogP contribution in [0.4, 0.5) is 0 Å². The third-order valence-corrected chi connectivity index (χ3v) is 3.10. The van der Waals surface area contributed by atoms with Crippen LogP contribution >= 0.6 is 0 Å². The molecule has 100 valence electrons. The summed E-state index contributed by atoms with van der Waals surface area (Å²) in [5.74, 6) is -3.14.